The number of carbonyl (C=O) groups excluding carboxylic acids is 1. The Labute approximate surface area is 143 Å². The summed E-state index contributed by atoms with van der Waals surface area (Å²) in [5.41, 5.74) is 4.59. The third kappa shape index (κ3) is 2.95. The summed E-state index contributed by atoms with van der Waals surface area (Å²) in [5, 5.41) is 3.34. The van der Waals surface area contributed by atoms with Crippen molar-refractivity contribution < 1.29 is 4.79 Å². The number of nitrogens with one attached hydrogen (secondary N) is 1. The van der Waals surface area contributed by atoms with Crippen molar-refractivity contribution in [2.24, 2.45) is 0 Å². The van der Waals surface area contributed by atoms with Crippen LogP contribution < -0.4 is 10.2 Å². The smallest absolute Gasteiger partial charge is 0.245 e. The predicted molar refractivity (Wildman–Crippen MR) is 96.7 cm³/mol. The van der Waals surface area contributed by atoms with Crippen LogP contribution in [0.4, 0.5) is 11.4 Å². The second kappa shape index (κ2) is 6.75. The highest BCUT2D eigenvalue weighted by atomic mass is 16.2. The molecule has 124 valence electrons. The van der Waals surface area contributed by atoms with E-state index < -0.39 is 0 Å². The van der Waals surface area contributed by atoms with Crippen LogP contribution in [0.3, 0.4) is 0 Å². The van der Waals surface area contributed by atoms with Crippen molar-refractivity contribution in [1.29, 1.82) is 0 Å². The lowest BCUT2D eigenvalue weighted by molar-refractivity contribution is -0.119. The van der Waals surface area contributed by atoms with E-state index in [-0.39, 0.29) is 5.91 Å². The molecular weight excluding hydrogens is 298 g/mol. The quantitative estimate of drug-likeness (QED) is 0.922. The van der Waals surface area contributed by atoms with Crippen LogP contribution in [0.1, 0.15) is 11.1 Å². The maximum Gasteiger partial charge on any atom is 0.245 e. The van der Waals surface area contributed by atoms with Gasteiger partial charge in [0.2, 0.25) is 5.91 Å². The normalized spacial score (nSPS) is 17.8. The summed E-state index contributed by atoms with van der Waals surface area (Å²) in [7, 11) is 0. The first-order chi connectivity index (χ1) is 11.8. The molecule has 2 aromatic carbocycles. The van der Waals surface area contributed by atoms with Gasteiger partial charge in [0.05, 0.1) is 17.9 Å². The molecule has 0 radical (unpaired) electrons. The average Bonchev–Trinajstić information content (AvgIpc) is 2.79. The van der Waals surface area contributed by atoms with Crippen molar-refractivity contribution in [3.8, 4) is 0 Å². The molecule has 4 nitrogen and oxygen atoms in total. The molecule has 2 aromatic rings. The molecule has 4 heteroatoms. The van der Waals surface area contributed by atoms with E-state index in [1.165, 1.54) is 11.1 Å². The highest BCUT2D eigenvalue weighted by molar-refractivity contribution is 6.03. The third-order valence-corrected chi connectivity index (χ3v) is 4.95. The number of benzene rings is 2. The van der Waals surface area contributed by atoms with Gasteiger partial charge in [0.1, 0.15) is 0 Å². The van der Waals surface area contributed by atoms with Crippen molar-refractivity contribution in [2.45, 2.75) is 12.8 Å². The molecule has 0 bridgehead atoms. The minimum Gasteiger partial charge on any atom is -0.314 e. The summed E-state index contributed by atoms with van der Waals surface area (Å²) < 4.78 is 0. The lowest BCUT2D eigenvalue weighted by atomic mass is 10.0. The number of hydrogen-bond acceptors (Lipinski definition) is 3. The lowest BCUT2D eigenvalue weighted by Crippen LogP contribution is -2.47. The number of anilines is 2. The van der Waals surface area contributed by atoms with Crippen LogP contribution in [0.2, 0.25) is 0 Å². The Balaban J connectivity index is 1.70. The molecule has 0 atom stereocenters. The minimum absolute atomic E-state index is 0.165. The van der Waals surface area contributed by atoms with E-state index in [4.69, 9.17) is 0 Å². The zero-order valence-corrected chi connectivity index (χ0v) is 13.9. The topological polar surface area (TPSA) is 35.6 Å². The molecule has 1 N–H and O–H groups in total. The predicted octanol–water partition coefficient (Wildman–Crippen LogP) is 2.36. The van der Waals surface area contributed by atoms with Crippen LogP contribution >= 0.6 is 0 Å². The van der Waals surface area contributed by atoms with Crippen LogP contribution in [-0.2, 0) is 17.6 Å². The van der Waals surface area contributed by atoms with Gasteiger partial charge in [-0.05, 0) is 36.1 Å². The Morgan fingerprint density at radius 1 is 0.875 bits per heavy atom. The van der Waals surface area contributed by atoms with E-state index >= 15 is 0 Å². The molecule has 4 rings (SSSR count). The van der Waals surface area contributed by atoms with Gasteiger partial charge < -0.3 is 5.32 Å². The fraction of sp³-hybridized carbons (Fsp3) is 0.350. The molecule has 2 heterocycles. The summed E-state index contributed by atoms with van der Waals surface area (Å²) in [5.74, 6) is 0.165. The first-order valence-electron chi connectivity index (χ1n) is 8.75. The number of rotatable bonds is 2. The molecule has 2 aliphatic rings. The van der Waals surface area contributed by atoms with E-state index in [1.807, 2.05) is 17.0 Å². The Bertz CT molecular complexity index is 690. The zero-order valence-electron chi connectivity index (χ0n) is 13.9. The summed E-state index contributed by atoms with van der Waals surface area (Å²) >= 11 is 0. The number of piperazine rings is 1. The second-order valence-corrected chi connectivity index (χ2v) is 6.51. The number of fused-ring (bicyclic) bond motifs is 2. The maximum absolute atomic E-state index is 13.2. The SMILES string of the molecule is O=C(CN1CCNCC1)N1c2ccccc2CCc2ccccc21. The van der Waals surface area contributed by atoms with Crippen molar-refractivity contribution in [2.75, 3.05) is 37.6 Å². The Kier molecular flexibility index (Phi) is 4.32. The van der Waals surface area contributed by atoms with Gasteiger partial charge in [-0.3, -0.25) is 14.6 Å². The van der Waals surface area contributed by atoms with Gasteiger partial charge in [-0.15, -0.1) is 0 Å². The zero-order chi connectivity index (χ0) is 16.4. The van der Waals surface area contributed by atoms with E-state index in [2.05, 4.69) is 46.6 Å². The standard InChI is InChI=1S/C20H23N3O/c24-20(15-22-13-11-21-12-14-22)23-18-7-3-1-5-16(18)9-10-17-6-2-4-8-19(17)23/h1-8,21H,9-15H2. The highest BCUT2D eigenvalue weighted by Crippen LogP contribution is 2.36. The van der Waals surface area contributed by atoms with Crippen LogP contribution in [-0.4, -0.2) is 43.5 Å². The number of hydrogen-bond donors (Lipinski definition) is 1. The van der Waals surface area contributed by atoms with Crippen molar-refractivity contribution >= 4 is 17.3 Å². The third-order valence-electron chi connectivity index (χ3n) is 4.95. The number of carbonyl (C=O) groups is 1. The monoisotopic (exact) mass is 321 g/mol. The molecular formula is C20H23N3O. The van der Waals surface area contributed by atoms with Crippen LogP contribution in [0.15, 0.2) is 48.5 Å². The second-order valence-electron chi connectivity index (χ2n) is 6.51. The number of amides is 1. The van der Waals surface area contributed by atoms with Crippen LogP contribution in [0.25, 0.3) is 0 Å². The summed E-state index contributed by atoms with van der Waals surface area (Å²) in [6.07, 6.45) is 1.95. The van der Waals surface area contributed by atoms with Gasteiger partial charge in [-0.1, -0.05) is 36.4 Å². The molecule has 0 spiro atoms. The molecule has 0 aromatic heterocycles. The Morgan fingerprint density at radius 2 is 1.42 bits per heavy atom. The lowest BCUT2D eigenvalue weighted by Gasteiger charge is -2.30. The van der Waals surface area contributed by atoms with Crippen molar-refractivity contribution in [3.05, 3.63) is 59.7 Å². The molecule has 1 fully saturated rings. The molecule has 0 aliphatic carbocycles. The largest absolute Gasteiger partial charge is 0.314 e. The Morgan fingerprint density at radius 3 is 2.00 bits per heavy atom. The molecule has 2 aliphatic heterocycles. The van der Waals surface area contributed by atoms with E-state index in [0.717, 1.165) is 50.4 Å². The number of nitrogens with zero attached hydrogens (tertiary/aromatic N) is 2. The fourth-order valence-electron chi connectivity index (χ4n) is 3.68. The molecule has 0 saturated carbocycles. The minimum atomic E-state index is 0.165. The van der Waals surface area contributed by atoms with Gasteiger partial charge >= 0.3 is 0 Å². The van der Waals surface area contributed by atoms with Crippen molar-refractivity contribution in [3.63, 3.8) is 0 Å². The van der Waals surface area contributed by atoms with Gasteiger partial charge in [0, 0.05) is 26.2 Å². The molecule has 0 unspecified atom stereocenters. The summed E-state index contributed by atoms with van der Waals surface area (Å²) in [6.45, 7) is 4.26. The van der Waals surface area contributed by atoms with Gasteiger partial charge in [-0.2, -0.15) is 0 Å². The van der Waals surface area contributed by atoms with Gasteiger partial charge in [0.15, 0.2) is 0 Å². The first kappa shape index (κ1) is 15.4. The van der Waals surface area contributed by atoms with E-state index in [9.17, 15) is 4.79 Å². The number of para-hydroxylation sites is 2. The Hall–Kier alpha value is -2.17. The van der Waals surface area contributed by atoms with Gasteiger partial charge in [-0.25, -0.2) is 0 Å². The number of aryl methyl sites for hydroxylation is 2. The van der Waals surface area contributed by atoms with Crippen LogP contribution in [0.5, 0.6) is 0 Å². The molecule has 1 saturated heterocycles. The average molecular weight is 321 g/mol. The molecule has 1 amide bonds. The maximum atomic E-state index is 13.2. The van der Waals surface area contributed by atoms with Crippen LogP contribution in [0, 0.1) is 0 Å². The first-order valence-corrected chi connectivity index (χ1v) is 8.75. The van der Waals surface area contributed by atoms with E-state index in [1.54, 1.807) is 0 Å². The van der Waals surface area contributed by atoms with Gasteiger partial charge in [0.25, 0.3) is 0 Å². The molecule has 24 heavy (non-hydrogen) atoms. The van der Waals surface area contributed by atoms with Crippen molar-refractivity contribution in [1.82, 2.24) is 10.2 Å². The summed E-state index contributed by atoms with van der Waals surface area (Å²) in [6, 6.07) is 16.6. The van der Waals surface area contributed by atoms with E-state index in [0.29, 0.717) is 6.54 Å². The highest BCUT2D eigenvalue weighted by Gasteiger charge is 2.26. The fourth-order valence-corrected chi connectivity index (χ4v) is 3.68. The summed E-state index contributed by atoms with van der Waals surface area (Å²) in [4.78, 5) is 17.4.